The molecule has 2 aromatic carbocycles. The molecule has 0 spiro atoms. The van der Waals surface area contributed by atoms with Gasteiger partial charge in [-0.1, -0.05) is 36.4 Å². The van der Waals surface area contributed by atoms with Crippen LogP contribution in [0.3, 0.4) is 0 Å². The number of fused-ring (bicyclic) bond motifs is 1. The average molecular weight is 336 g/mol. The molecular weight excluding hydrogens is 316 g/mol. The van der Waals surface area contributed by atoms with Gasteiger partial charge in [-0.25, -0.2) is 0 Å². The van der Waals surface area contributed by atoms with E-state index in [-0.39, 0.29) is 18.1 Å². The number of carbonyl (C=O) groups excluding carboxylic acids is 1. The molecule has 0 aliphatic carbocycles. The molecule has 0 bridgehead atoms. The third-order valence-electron chi connectivity index (χ3n) is 3.84. The summed E-state index contributed by atoms with van der Waals surface area (Å²) in [5.74, 6) is 0.774. The molecule has 1 amide bonds. The molecule has 0 unspecified atom stereocenters. The average Bonchev–Trinajstić information content (AvgIpc) is 2.63. The number of hydrogen-bond donors (Lipinski definition) is 2. The number of phenols is 1. The van der Waals surface area contributed by atoms with Crippen LogP contribution < -0.4 is 10.1 Å². The number of aromatic nitrogens is 1. The summed E-state index contributed by atoms with van der Waals surface area (Å²) in [6, 6.07) is 16.6. The Morgan fingerprint density at radius 2 is 1.92 bits per heavy atom. The van der Waals surface area contributed by atoms with Crippen LogP contribution in [-0.4, -0.2) is 29.1 Å². The first-order valence-corrected chi connectivity index (χ1v) is 8.24. The van der Waals surface area contributed by atoms with Crippen molar-refractivity contribution < 1.29 is 14.6 Å². The van der Waals surface area contributed by atoms with Crippen molar-refractivity contribution >= 4 is 16.8 Å². The summed E-state index contributed by atoms with van der Waals surface area (Å²) in [6.45, 7) is 1.01. The van der Waals surface area contributed by atoms with Crippen molar-refractivity contribution in [3.8, 4) is 11.5 Å². The predicted octanol–water partition coefficient (Wildman–Crippen LogP) is 3.07. The van der Waals surface area contributed by atoms with Crippen molar-refractivity contribution in [2.24, 2.45) is 0 Å². The van der Waals surface area contributed by atoms with Crippen molar-refractivity contribution in [3.05, 3.63) is 66.4 Å². The summed E-state index contributed by atoms with van der Waals surface area (Å²) in [5, 5.41) is 13.5. The second-order valence-electron chi connectivity index (χ2n) is 5.69. The van der Waals surface area contributed by atoms with Gasteiger partial charge in [0.25, 0.3) is 0 Å². The maximum atomic E-state index is 11.9. The summed E-state index contributed by atoms with van der Waals surface area (Å²) in [6.07, 6.45) is 2.60. The number of ether oxygens (including phenoxy) is 1. The van der Waals surface area contributed by atoms with Crippen molar-refractivity contribution in [1.82, 2.24) is 10.3 Å². The van der Waals surface area contributed by atoms with Crippen LogP contribution in [-0.2, 0) is 11.2 Å². The normalized spacial score (nSPS) is 10.6. The first-order chi connectivity index (χ1) is 12.2. The fraction of sp³-hybridized carbons (Fsp3) is 0.200. The Hall–Kier alpha value is -3.08. The SMILES string of the molecule is O=C(Cc1ccccc1O)NCCCOc1cccc2cccnc12. The van der Waals surface area contributed by atoms with Crippen molar-refractivity contribution in [2.45, 2.75) is 12.8 Å². The molecule has 0 saturated carbocycles. The van der Waals surface area contributed by atoms with Gasteiger partial charge in [-0.2, -0.15) is 0 Å². The zero-order valence-electron chi connectivity index (χ0n) is 13.8. The van der Waals surface area contributed by atoms with Crippen molar-refractivity contribution in [3.63, 3.8) is 0 Å². The highest BCUT2D eigenvalue weighted by atomic mass is 16.5. The Morgan fingerprint density at radius 1 is 1.08 bits per heavy atom. The molecule has 5 nitrogen and oxygen atoms in total. The van der Waals surface area contributed by atoms with E-state index >= 15 is 0 Å². The number of carbonyl (C=O) groups is 1. The Morgan fingerprint density at radius 3 is 2.80 bits per heavy atom. The Labute approximate surface area is 146 Å². The fourth-order valence-corrected chi connectivity index (χ4v) is 2.57. The summed E-state index contributed by atoms with van der Waals surface area (Å²) in [5.41, 5.74) is 1.46. The number of nitrogens with zero attached hydrogens (tertiary/aromatic N) is 1. The highest BCUT2D eigenvalue weighted by molar-refractivity contribution is 5.84. The minimum Gasteiger partial charge on any atom is -0.508 e. The molecule has 3 rings (SSSR count). The lowest BCUT2D eigenvalue weighted by atomic mass is 10.1. The summed E-state index contributed by atoms with van der Waals surface area (Å²) in [4.78, 5) is 16.2. The Balaban J connectivity index is 1.43. The topological polar surface area (TPSA) is 71.5 Å². The van der Waals surface area contributed by atoms with E-state index in [0.717, 1.165) is 16.7 Å². The van der Waals surface area contributed by atoms with E-state index in [2.05, 4.69) is 10.3 Å². The van der Waals surface area contributed by atoms with Crippen LogP contribution in [0.1, 0.15) is 12.0 Å². The van der Waals surface area contributed by atoms with Crippen molar-refractivity contribution in [2.75, 3.05) is 13.2 Å². The number of phenolic OH excluding ortho intramolecular Hbond substituents is 1. The van der Waals surface area contributed by atoms with E-state index in [1.54, 1.807) is 30.5 Å². The zero-order valence-corrected chi connectivity index (χ0v) is 13.8. The number of para-hydroxylation sites is 2. The molecule has 128 valence electrons. The minimum atomic E-state index is -0.117. The van der Waals surface area contributed by atoms with Crippen LogP contribution in [0.25, 0.3) is 10.9 Å². The fourth-order valence-electron chi connectivity index (χ4n) is 2.57. The number of amides is 1. The van der Waals surface area contributed by atoms with Crippen LogP contribution in [0.5, 0.6) is 11.5 Å². The quantitative estimate of drug-likeness (QED) is 0.651. The molecule has 0 aliphatic rings. The largest absolute Gasteiger partial charge is 0.508 e. The third kappa shape index (κ3) is 4.47. The lowest BCUT2D eigenvalue weighted by Crippen LogP contribution is -2.27. The maximum absolute atomic E-state index is 11.9. The van der Waals surface area contributed by atoms with E-state index in [0.29, 0.717) is 25.1 Å². The van der Waals surface area contributed by atoms with Gasteiger partial charge in [0, 0.05) is 23.7 Å². The molecule has 0 atom stereocenters. The number of rotatable bonds is 7. The van der Waals surface area contributed by atoms with Gasteiger partial charge in [-0.3, -0.25) is 9.78 Å². The van der Waals surface area contributed by atoms with E-state index < -0.39 is 0 Å². The van der Waals surface area contributed by atoms with E-state index in [1.165, 1.54) is 0 Å². The number of benzene rings is 2. The lowest BCUT2D eigenvalue weighted by Gasteiger charge is -2.09. The molecule has 0 fully saturated rings. The highest BCUT2D eigenvalue weighted by Gasteiger charge is 2.07. The number of nitrogens with one attached hydrogen (secondary N) is 1. The van der Waals surface area contributed by atoms with Crippen LogP contribution in [0.2, 0.25) is 0 Å². The van der Waals surface area contributed by atoms with Gasteiger partial charge in [-0.15, -0.1) is 0 Å². The van der Waals surface area contributed by atoms with Crippen LogP contribution in [0.15, 0.2) is 60.8 Å². The monoisotopic (exact) mass is 336 g/mol. The predicted molar refractivity (Wildman–Crippen MR) is 96.7 cm³/mol. The van der Waals surface area contributed by atoms with Crippen LogP contribution >= 0.6 is 0 Å². The first kappa shape index (κ1) is 16.8. The second-order valence-corrected chi connectivity index (χ2v) is 5.69. The number of pyridine rings is 1. The molecular formula is C20H20N2O3. The molecule has 0 radical (unpaired) electrons. The summed E-state index contributed by atoms with van der Waals surface area (Å²) < 4.78 is 5.78. The molecule has 1 aromatic heterocycles. The molecule has 25 heavy (non-hydrogen) atoms. The minimum absolute atomic E-state index is 0.117. The molecule has 2 N–H and O–H groups in total. The van der Waals surface area contributed by atoms with E-state index in [4.69, 9.17) is 4.74 Å². The molecule has 0 aliphatic heterocycles. The van der Waals surface area contributed by atoms with Crippen LogP contribution in [0.4, 0.5) is 0 Å². The van der Waals surface area contributed by atoms with Gasteiger partial charge < -0.3 is 15.2 Å². The highest BCUT2D eigenvalue weighted by Crippen LogP contribution is 2.22. The summed E-state index contributed by atoms with van der Waals surface area (Å²) in [7, 11) is 0. The zero-order chi connectivity index (χ0) is 17.5. The molecule has 0 saturated heterocycles. The van der Waals surface area contributed by atoms with Gasteiger partial charge in [0.05, 0.1) is 13.0 Å². The van der Waals surface area contributed by atoms with Gasteiger partial charge in [0.1, 0.15) is 17.0 Å². The smallest absolute Gasteiger partial charge is 0.224 e. The molecule has 1 heterocycles. The maximum Gasteiger partial charge on any atom is 0.224 e. The summed E-state index contributed by atoms with van der Waals surface area (Å²) >= 11 is 0. The second kappa shape index (κ2) is 8.15. The van der Waals surface area contributed by atoms with Gasteiger partial charge in [0.2, 0.25) is 5.91 Å². The number of aromatic hydroxyl groups is 1. The van der Waals surface area contributed by atoms with Gasteiger partial charge in [0.15, 0.2) is 0 Å². The van der Waals surface area contributed by atoms with Crippen LogP contribution in [0, 0.1) is 0 Å². The third-order valence-corrected chi connectivity index (χ3v) is 3.84. The number of hydrogen-bond acceptors (Lipinski definition) is 4. The Bertz CT molecular complexity index is 859. The van der Waals surface area contributed by atoms with E-state index in [9.17, 15) is 9.90 Å². The molecule has 5 heteroatoms. The van der Waals surface area contributed by atoms with E-state index in [1.807, 2.05) is 30.3 Å². The first-order valence-electron chi connectivity index (χ1n) is 8.24. The Kier molecular flexibility index (Phi) is 5.46. The van der Waals surface area contributed by atoms with Crippen molar-refractivity contribution in [1.29, 1.82) is 0 Å². The van der Waals surface area contributed by atoms with Gasteiger partial charge >= 0.3 is 0 Å². The van der Waals surface area contributed by atoms with Gasteiger partial charge in [-0.05, 0) is 24.6 Å². The lowest BCUT2D eigenvalue weighted by molar-refractivity contribution is -0.120. The standard InChI is InChI=1S/C20H20N2O3/c23-17-9-2-1-6-16(17)14-19(24)21-12-5-13-25-18-10-3-7-15-8-4-11-22-20(15)18/h1-4,6-11,23H,5,12-14H2,(H,21,24). The molecule has 3 aromatic rings.